The molecule has 0 radical (unpaired) electrons. The fourth-order valence-corrected chi connectivity index (χ4v) is 0.897. The van der Waals surface area contributed by atoms with Gasteiger partial charge >= 0.3 is 24.2 Å². The third-order valence-corrected chi connectivity index (χ3v) is 1.72. The highest BCUT2D eigenvalue weighted by molar-refractivity contribution is 5.63. The Kier molecular flexibility index (Phi) is 2.84. The van der Waals surface area contributed by atoms with Crippen LogP contribution in [0.4, 0.5) is 9.59 Å². The average Bonchev–Trinajstić information content (AvgIpc) is 2.32. The van der Waals surface area contributed by atoms with Crippen molar-refractivity contribution in [3.8, 4) is 11.9 Å². The van der Waals surface area contributed by atoms with Crippen molar-refractivity contribution < 1.29 is 33.7 Å². The van der Waals surface area contributed by atoms with Crippen LogP contribution in [-0.4, -0.2) is 22.5 Å². The van der Waals surface area contributed by atoms with Crippen LogP contribution in [-0.2, 0) is 0 Å². The van der Waals surface area contributed by atoms with Crippen LogP contribution in [0.5, 0.6) is 11.9 Å². The maximum Gasteiger partial charge on any atom is 0.513 e. The van der Waals surface area contributed by atoms with Gasteiger partial charge in [0.25, 0.3) is 0 Å². The molecule has 0 saturated carbocycles. The van der Waals surface area contributed by atoms with E-state index in [0.717, 1.165) is 0 Å². The van der Waals surface area contributed by atoms with Gasteiger partial charge in [0.2, 0.25) is 0 Å². The fourth-order valence-electron chi connectivity index (χ4n) is 0.897. The first kappa shape index (κ1) is 10.9. The van der Waals surface area contributed by atoms with Gasteiger partial charge in [0.1, 0.15) is 0 Å². The van der Waals surface area contributed by atoms with Crippen molar-refractivity contribution in [3.05, 3.63) is 11.1 Å². The van der Waals surface area contributed by atoms with Crippen LogP contribution in [0.2, 0.25) is 0 Å². The van der Waals surface area contributed by atoms with Gasteiger partial charge in [-0.2, -0.15) is 0 Å². The first-order valence-corrected chi connectivity index (χ1v) is 3.83. The van der Waals surface area contributed by atoms with Crippen molar-refractivity contribution in [2.24, 2.45) is 0 Å². The minimum Gasteiger partial charge on any atom is -0.449 e. The van der Waals surface area contributed by atoms with Crippen molar-refractivity contribution in [1.29, 1.82) is 0 Å². The van der Waals surface area contributed by atoms with Gasteiger partial charge in [-0.25, -0.2) is 9.59 Å². The van der Waals surface area contributed by atoms with E-state index in [4.69, 9.17) is 14.6 Å². The Hall–Kier alpha value is -2.18. The molecule has 1 aromatic rings. The van der Waals surface area contributed by atoms with E-state index in [0.29, 0.717) is 11.1 Å². The summed E-state index contributed by atoms with van der Waals surface area (Å²) in [5.74, 6) is -0.590. The normalized spacial score (nSPS) is 9.73. The molecule has 0 bridgehead atoms. The summed E-state index contributed by atoms with van der Waals surface area (Å²) in [4.78, 5) is 20.4. The second-order valence-corrected chi connectivity index (χ2v) is 2.66. The summed E-state index contributed by atoms with van der Waals surface area (Å²) in [7, 11) is 0. The van der Waals surface area contributed by atoms with E-state index < -0.39 is 12.3 Å². The predicted molar refractivity (Wildman–Crippen MR) is 45.5 cm³/mol. The summed E-state index contributed by atoms with van der Waals surface area (Å²) < 4.78 is 13.3. The Morgan fingerprint density at radius 1 is 1.00 bits per heavy atom. The molecule has 0 atom stereocenters. The SMILES string of the molecule is Cc1c(OC(=O)O)oc(OC(=O)O)c1C. The monoisotopic (exact) mass is 216 g/mol. The van der Waals surface area contributed by atoms with Crippen molar-refractivity contribution in [2.45, 2.75) is 13.8 Å². The Labute approximate surface area is 83.8 Å². The minimum atomic E-state index is -1.55. The van der Waals surface area contributed by atoms with Gasteiger partial charge in [-0.3, -0.25) is 0 Å². The quantitative estimate of drug-likeness (QED) is 0.728. The van der Waals surface area contributed by atoms with Crippen molar-refractivity contribution >= 4 is 12.3 Å². The molecule has 82 valence electrons. The Bertz CT molecular complexity index is 367. The summed E-state index contributed by atoms with van der Waals surface area (Å²) in [5.41, 5.74) is 0.738. The molecule has 0 spiro atoms. The average molecular weight is 216 g/mol. The van der Waals surface area contributed by atoms with Crippen LogP contribution in [0.25, 0.3) is 0 Å². The highest BCUT2D eigenvalue weighted by Gasteiger charge is 2.20. The highest BCUT2D eigenvalue weighted by atomic mass is 16.7. The van der Waals surface area contributed by atoms with Crippen molar-refractivity contribution in [3.63, 3.8) is 0 Å². The number of rotatable bonds is 2. The minimum absolute atomic E-state index is 0.295. The van der Waals surface area contributed by atoms with E-state index in [9.17, 15) is 9.59 Å². The lowest BCUT2D eigenvalue weighted by atomic mass is 10.2. The van der Waals surface area contributed by atoms with E-state index >= 15 is 0 Å². The van der Waals surface area contributed by atoms with E-state index in [1.165, 1.54) is 13.8 Å². The molecule has 0 fully saturated rings. The third-order valence-electron chi connectivity index (χ3n) is 1.72. The van der Waals surface area contributed by atoms with Crippen molar-refractivity contribution in [1.82, 2.24) is 0 Å². The topological polar surface area (TPSA) is 106 Å². The number of furan rings is 1. The molecule has 0 aliphatic heterocycles. The number of hydrogen-bond acceptors (Lipinski definition) is 5. The smallest absolute Gasteiger partial charge is 0.449 e. The van der Waals surface area contributed by atoms with Crippen LogP contribution >= 0.6 is 0 Å². The molecular formula is C8H8O7. The molecular weight excluding hydrogens is 208 g/mol. The summed E-state index contributed by atoms with van der Waals surface area (Å²) in [6.07, 6.45) is -3.09. The molecule has 7 heteroatoms. The Morgan fingerprint density at radius 3 is 1.60 bits per heavy atom. The van der Waals surface area contributed by atoms with Crippen LogP contribution in [0, 0.1) is 13.8 Å². The summed E-state index contributed by atoms with van der Waals surface area (Å²) in [5, 5.41) is 16.7. The summed E-state index contributed by atoms with van der Waals surface area (Å²) in [6.45, 7) is 3.04. The largest absolute Gasteiger partial charge is 0.513 e. The molecule has 1 aromatic heterocycles. The maximum atomic E-state index is 10.2. The summed E-state index contributed by atoms with van der Waals surface area (Å²) in [6, 6.07) is 0. The highest BCUT2D eigenvalue weighted by Crippen LogP contribution is 2.33. The van der Waals surface area contributed by atoms with Gasteiger partial charge in [-0.15, -0.1) is 0 Å². The summed E-state index contributed by atoms with van der Waals surface area (Å²) >= 11 is 0. The lowest BCUT2D eigenvalue weighted by molar-refractivity contribution is 0.119. The molecule has 0 unspecified atom stereocenters. The molecule has 15 heavy (non-hydrogen) atoms. The molecule has 1 heterocycles. The second kappa shape index (κ2) is 3.91. The number of hydrogen-bond donors (Lipinski definition) is 2. The molecule has 0 aliphatic carbocycles. The van der Waals surface area contributed by atoms with Gasteiger partial charge in [0, 0.05) is 11.1 Å². The maximum absolute atomic E-state index is 10.2. The van der Waals surface area contributed by atoms with Gasteiger partial charge in [0.15, 0.2) is 0 Å². The molecule has 0 aliphatic rings. The second-order valence-electron chi connectivity index (χ2n) is 2.66. The van der Waals surface area contributed by atoms with E-state index in [1.54, 1.807) is 0 Å². The number of carbonyl (C=O) groups is 2. The van der Waals surface area contributed by atoms with Gasteiger partial charge < -0.3 is 24.1 Å². The van der Waals surface area contributed by atoms with E-state index in [-0.39, 0.29) is 11.9 Å². The number of ether oxygens (including phenoxy) is 2. The molecule has 0 amide bonds. The molecule has 0 aromatic carbocycles. The van der Waals surface area contributed by atoms with Crippen LogP contribution in [0.15, 0.2) is 4.42 Å². The third kappa shape index (κ3) is 2.39. The zero-order valence-electron chi connectivity index (χ0n) is 7.94. The lowest BCUT2D eigenvalue weighted by Gasteiger charge is -1.94. The van der Waals surface area contributed by atoms with Crippen molar-refractivity contribution in [2.75, 3.05) is 0 Å². The van der Waals surface area contributed by atoms with Gasteiger partial charge in [-0.05, 0) is 13.8 Å². The van der Waals surface area contributed by atoms with Crippen LogP contribution in [0.3, 0.4) is 0 Å². The molecule has 0 saturated heterocycles. The Balaban J connectivity index is 3.00. The standard InChI is InChI=1S/C8H8O7/c1-3-4(2)6(15-8(11)12)13-5(3)14-7(9)10/h1-2H3,(H,9,10)(H,11,12). The van der Waals surface area contributed by atoms with Crippen LogP contribution < -0.4 is 9.47 Å². The Morgan fingerprint density at radius 2 is 1.33 bits per heavy atom. The molecule has 2 N–H and O–H groups in total. The lowest BCUT2D eigenvalue weighted by Crippen LogP contribution is -2.03. The van der Waals surface area contributed by atoms with E-state index in [1.807, 2.05) is 0 Å². The number of carboxylic acid groups (broad SMARTS) is 2. The predicted octanol–water partition coefficient (Wildman–Crippen LogP) is 2.01. The molecule has 7 nitrogen and oxygen atoms in total. The van der Waals surface area contributed by atoms with Crippen LogP contribution in [0.1, 0.15) is 11.1 Å². The van der Waals surface area contributed by atoms with E-state index in [2.05, 4.69) is 9.47 Å². The zero-order valence-corrected chi connectivity index (χ0v) is 7.94. The molecule has 1 rings (SSSR count). The first-order chi connectivity index (χ1) is 6.91. The first-order valence-electron chi connectivity index (χ1n) is 3.83. The van der Waals surface area contributed by atoms with Gasteiger partial charge in [0.05, 0.1) is 0 Å². The fraction of sp³-hybridized carbons (Fsp3) is 0.250. The zero-order chi connectivity index (χ0) is 11.6. The van der Waals surface area contributed by atoms with Gasteiger partial charge in [-0.1, -0.05) is 0 Å².